The van der Waals surface area contributed by atoms with Crippen molar-refractivity contribution >= 4 is 5.97 Å². The van der Waals surface area contributed by atoms with E-state index in [4.69, 9.17) is 10.00 Å². The van der Waals surface area contributed by atoms with Gasteiger partial charge in [-0.3, -0.25) is 0 Å². The van der Waals surface area contributed by atoms with Crippen molar-refractivity contribution in [1.29, 1.82) is 5.26 Å². The summed E-state index contributed by atoms with van der Waals surface area (Å²) in [4.78, 5) is 11.6. The van der Waals surface area contributed by atoms with Crippen molar-refractivity contribution in [2.45, 2.75) is 19.3 Å². The van der Waals surface area contributed by atoms with E-state index in [1.54, 1.807) is 19.1 Å². The minimum Gasteiger partial charge on any atom is -0.465 e. The first kappa shape index (κ1) is 12.2. The molecular weight excluding hydrogens is 209 g/mol. The Morgan fingerprint density at radius 3 is 2.69 bits per heavy atom. The molecule has 0 saturated carbocycles. The van der Waals surface area contributed by atoms with Gasteiger partial charge in [-0.2, -0.15) is 5.26 Å². The minimum atomic E-state index is -1.60. The van der Waals surface area contributed by atoms with Crippen LogP contribution in [0.4, 0.5) is 4.39 Å². The topological polar surface area (TPSA) is 50.1 Å². The third-order valence-corrected chi connectivity index (χ3v) is 2.32. The number of nitrogens with zero attached hydrogens (tertiary/aromatic N) is 1. The molecule has 0 fully saturated rings. The summed E-state index contributed by atoms with van der Waals surface area (Å²) >= 11 is 0. The van der Waals surface area contributed by atoms with Crippen molar-refractivity contribution in [2.24, 2.45) is 0 Å². The van der Waals surface area contributed by atoms with Gasteiger partial charge in [-0.1, -0.05) is 18.2 Å². The molecule has 0 aliphatic rings. The Bertz CT molecular complexity index is 439. The molecule has 84 valence electrons. The van der Waals surface area contributed by atoms with E-state index in [0.717, 1.165) is 0 Å². The molecule has 0 radical (unpaired) electrons. The number of carbonyl (C=O) groups is 1. The summed E-state index contributed by atoms with van der Waals surface area (Å²) in [5, 5.41) is 9.04. The lowest BCUT2D eigenvalue weighted by Crippen LogP contribution is -2.33. The monoisotopic (exact) mass is 221 g/mol. The summed E-state index contributed by atoms with van der Waals surface area (Å²) < 4.78 is 18.3. The van der Waals surface area contributed by atoms with Gasteiger partial charge in [0.05, 0.1) is 12.7 Å². The fourth-order valence-corrected chi connectivity index (χ4v) is 1.36. The van der Waals surface area contributed by atoms with E-state index in [9.17, 15) is 9.18 Å². The van der Waals surface area contributed by atoms with Gasteiger partial charge in [0.1, 0.15) is 5.82 Å². The molecule has 4 heteroatoms. The number of rotatable bonds is 3. The van der Waals surface area contributed by atoms with Gasteiger partial charge >= 0.3 is 5.97 Å². The predicted octanol–water partition coefficient (Wildman–Crippen LogP) is 2.17. The molecule has 0 bridgehead atoms. The number of halogens is 1. The largest absolute Gasteiger partial charge is 0.465 e. The van der Waals surface area contributed by atoms with Gasteiger partial charge in [-0.25, -0.2) is 9.18 Å². The maximum atomic E-state index is 13.5. The van der Waals surface area contributed by atoms with Gasteiger partial charge in [0, 0.05) is 5.56 Å². The highest BCUT2D eigenvalue weighted by Crippen LogP contribution is 2.26. The number of benzene rings is 1. The zero-order valence-electron chi connectivity index (χ0n) is 9.16. The van der Waals surface area contributed by atoms with E-state index in [2.05, 4.69) is 0 Å². The highest BCUT2D eigenvalue weighted by atomic mass is 19.1. The Balaban J connectivity index is 3.21. The molecule has 0 amide bonds. The van der Waals surface area contributed by atoms with Crippen molar-refractivity contribution in [3.8, 4) is 6.07 Å². The SMILES string of the molecule is CCOC(=O)C(C)(C#N)c1ccccc1F. The van der Waals surface area contributed by atoms with Crippen LogP contribution in [-0.2, 0) is 14.9 Å². The molecule has 0 aliphatic carbocycles. The standard InChI is InChI=1S/C12H12FNO2/c1-3-16-11(15)12(2,8-14)9-6-4-5-7-10(9)13/h4-7H,3H2,1-2H3. The molecule has 1 aromatic carbocycles. The van der Waals surface area contributed by atoms with Crippen LogP contribution in [0.1, 0.15) is 19.4 Å². The Morgan fingerprint density at radius 1 is 1.56 bits per heavy atom. The number of ether oxygens (including phenoxy) is 1. The molecule has 0 saturated heterocycles. The molecule has 1 unspecified atom stereocenters. The van der Waals surface area contributed by atoms with Gasteiger partial charge in [0.2, 0.25) is 0 Å². The maximum Gasteiger partial charge on any atom is 0.330 e. The van der Waals surface area contributed by atoms with E-state index >= 15 is 0 Å². The first-order valence-electron chi connectivity index (χ1n) is 4.89. The fourth-order valence-electron chi connectivity index (χ4n) is 1.36. The Hall–Kier alpha value is -1.89. The summed E-state index contributed by atoms with van der Waals surface area (Å²) in [7, 11) is 0. The molecule has 1 rings (SSSR count). The molecule has 1 aromatic rings. The predicted molar refractivity (Wildman–Crippen MR) is 56.0 cm³/mol. The third-order valence-electron chi connectivity index (χ3n) is 2.32. The lowest BCUT2D eigenvalue weighted by Gasteiger charge is -2.20. The highest BCUT2D eigenvalue weighted by Gasteiger charge is 2.39. The molecule has 1 atom stereocenters. The average molecular weight is 221 g/mol. The summed E-state index contributed by atoms with van der Waals surface area (Å²) in [5.41, 5.74) is -1.56. The van der Waals surface area contributed by atoms with Crippen LogP contribution in [0.5, 0.6) is 0 Å². The van der Waals surface area contributed by atoms with Crippen LogP contribution in [0.25, 0.3) is 0 Å². The summed E-state index contributed by atoms with van der Waals surface area (Å²) in [6, 6.07) is 7.51. The second kappa shape index (κ2) is 4.75. The van der Waals surface area contributed by atoms with Crippen LogP contribution in [0.2, 0.25) is 0 Å². The summed E-state index contributed by atoms with van der Waals surface area (Å²) in [6.07, 6.45) is 0. The van der Waals surface area contributed by atoms with Crippen molar-refractivity contribution < 1.29 is 13.9 Å². The van der Waals surface area contributed by atoms with Crippen molar-refractivity contribution in [1.82, 2.24) is 0 Å². The van der Waals surface area contributed by atoms with Crippen LogP contribution < -0.4 is 0 Å². The van der Waals surface area contributed by atoms with Crippen LogP contribution in [0.3, 0.4) is 0 Å². The van der Waals surface area contributed by atoms with Crippen LogP contribution in [-0.4, -0.2) is 12.6 Å². The molecule has 3 nitrogen and oxygen atoms in total. The van der Waals surface area contributed by atoms with Crippen molar-refractivity contribution in [3.63, 3.8) is 0 Å². The molecule has 0 spiro atoms. The average Bonchev–Trinajstić information content (AvgIpc) is 2.29. The second-order valence-electron chi connectivity index (χ2n) is 3.44. The molecule has 0 heterocycles. The van der Waals surface area contributed by atoms with Crippen molar-refractivity contribution in [2.75, 3.05) is 6.61 Å². The maximum absolute atomic E-state index is 13.5. The molecule has 0 aliphatic heterocycles. The van der Waals surface area contributed by atoms with Gasteiger partial charge < -0.3 is 4.74 Å². The lowest BCUT2D eigenvalue weighted by molar-refractivity contribution is -0.147. The zero-order chi connectivity index (χ0) is 12.2. The van der Waals surface area contributed by atoms with Gasteiger partial charge in [0.15, 0.2) is 5.41 Å². The highest BCUT2D eigenvalue weighted by molar-refractivity contribution is 5.86. The number of carbonyl (C=O) groups excluding carboxylic acids is 1. The van der Waals surface area contributed by atoms with E-state index in [0.29, 0.717) is 0 Å². The summed E-state index contributed by atoms with van der Waals surface area (Å²) in [5.74, 6) is -1.32. The second-order valence-corrected chi connectivity index (χ2v) is 3.44. The fraction of sp³-hybridized carbons (Fsp3) is 0.333. The third kappa shape index (κ3) is 2.03. The number of nitriles is 1. The van der Waals surface area contributed by atoms with E-state index < -0.39 is 17.2 Å². The van der Waals surface area contributed by atoms with Crippen LogP contribution >= 0.6 is 0 Å². The van der Waals surface area contributed by atoms with Gasteiger partial charge in [-0.15, -0.1) is 0 Å². The van der Waals surface area contributed by atoms with Gasteiger partial charge in [0.25, 0.3) is 0 Å². The first-order valence-corrected chi connectivity index (χ1v) is 4.89. The zero-order valence-corrected chi connectivity index (χ0v) is 9.16. The van der Waals surface area contributed by atoms with Crippen molar-refractivity contribution in [3.05, 3.63) is 35.6 Å². The lowest BCUT2D eigenvalue weighted by atomic mass is 9.84. The molecule has 0 aromatic heterocycles. The number of hydrogen-bond acceptors (Lipinski definition) is 3. The summed E-state index contributed by atoms with van der Waals surface area (Å²) in [6.45, 7) is 3.14. The van der Waals surface area contributed by atoms with E-state index in [-0.39, 0.29) is 12.2 Å². The Morgan fingerprint density at radius 2 is 2.19 bits per heavy atom. The van der Waals surface area contributed by atoms with E-state index in [1.165, 1.54) is 25.1 Å². The Kier molecular flexibility index (Phi) is 3.62. The first-order chi connectivity index (χ1) is 7.56. The van der Waals surface area contributed by atoms with E-state index in [1.807, 2.05) is 0 Å². The van der Waals surface area contributed by atoms with Gasteiger partial charge in [-0.05, 0) is 19.9 Å². The van der Waals surface area contributed by atoms with Crippen LogP contribution in [0.15, 0.2) is 24.3 Å². The van der Waals surface area contributed by atoms with Crippen LogP contribution in [0, 0.1) is 17.1 Å². The molecular formula is C12H12FNO2. The molecule has 16 heavy (non-hydrogen) atoms. The molecule has 0 N–H and O–H groups in total. The normalized spacial score (nSPS) is 13.6. The number of esters is 1. The number of hydrogen-bond donors (Lipinski definition) is 0. The quantitative estimate of drug-likeness (QED) is 0.735. The minimum absolute atomic E-state index is 0.0379. The Labute approximate surface area is 93.5 Å². The smallest absolute Gasteiger partial charge is 0.330 e.